The summed E-state index contributed by atoms with van der Waals surface area (Å²) in [5.41, 5.74) is -0.716. The van der Waals surface area contributed by atoms with Crippen LogP contribution >= 0.6 is 11.3 Å². The largest absolute Gasteiger partial charge is 0.387 e. The van der Waals surface area contributed by atoms with Crippen molar-refractivity contribution < 1.29 is 9.90 Å². The van der Waals surface area contributed by atoms with Crippen LogP contribution < -0.4 is 0 Å². The molecule has 1 aromatic rings. The molecular weight excluding hydrogens is 272 g/mol. The molecule has 3 heterocycles. The topological polar surface area (TPSA) is 43.8 Å². The van der Waals surface area contributed by atoms with Crippen LogP contribution in [-0.4, -0.2) is 59.1 Å². The Labute approximate surface area is 124 Å². The summed E-state index contributed by atoms with van der Waals surface area (Å²) >= 11 is 1.53. The molecule has 1 aromatic heterocycles. The second-order valence-corrected chi connectivity index (χ2v) is 7.38. The summed E-state index contributed by atoms with van der Waals surface area (Å²) in [5, 5.41) is 10.7. The first-order valence-electron chi connectivity index (χ1n) is 7.36. The molecule has 3 rings (SSSR count). The maximum absolute atomic E-state index is 12.4. The zero-order valence-corrected chi connectivity index (χ0v) is 12.8. The standard InChI is InChI=1S/C15H22N2O2S/c1-12-4-5-13(20-12)14(18)17-9-6-15(19,11-17)10-16-7-2-3-8-16/h4-5,19H,2-3,6-11H2,1H3/t15-/m0/s1. The lowest BCUT2D eigenvalue weighted by Crippen LogP contribution is -2.44. The quantitative estimate of drug-likeness (QED) is 0.923. The molecule has 110 valence electrons. The lowest BCUT2D eigenvalue weighted by Gasteiger charge is -2.28. The summed E-state index contributed by atoms with van der Waals surface area (Å²) in [7, 11) is 0. The van der Waals surface area contributed by atoms with Crippen molar-refractivity contribution in [3.8, 4) is 0 Å². The Kier molecular flexibility index (Phi) is 3.84. The first kappa shape index (κ1) is 14.0. The summed E-state index contributed by atoms with van der Waals surface area (Å²) in [6.45, 7) is 6.02. The molecule has 5 heteroatoms. The van der Waals surface area contributed by atoms with E-state index in [1.807, 2.05) is 19.1 Å². The highest BCUT2D eigenvalue weighted by molar-refractivity contribution is 7.13. The predicted octanol–water partition coefficient (Wildman–Crippen LogP) is 1.73. The minimum absolute atomic E-state index is 0.0699. The van der Waals surface area contributed by atoms with Gasteiger partial charge in [0.2, 0.25) is 0 Å². The fraction of sp³-hybridized carbons (Fsp3) is 0.667. The number of rotatable bonds is 3. The van der Waals surface area contributed by atoms with E-state index in [0.29, 0.717) is 26.1 Å². The van der Waals surface area contributed by atoms with Gasteiger partial charge in [-0.1, -0.05) is 0 Å². The Morgan fingerprint density at radius 2 is 2.10 bits per heavy atom. The van der Waals surface area contributed by atoms with Crippen molar-refractivity contribution in [1.82, 2.24) is 9.80 Å². The van der Waals surface area contributed by atoms with Crippen LogP contribution in [0.15, 0.2) is 12.1 Å². The zero-order valence-electron chi connectivity index (χ0n) is 12.0. The molecule has 0 bridgehead atoms. The minimum atomic E-state index is -0.716. The molecule has 20 heavy (non-hydrogen) atoms. The number of carbonyl (C=O) groups excluding carboxylic acids is 1. The number of hydrogen-bond donors (Lipinski definition) is 1. The van der Waals surface area contributed by atoms with E-state index in [1.54, 1.807) is 4.90 Å². The number of amides is 1. The summed E-state index contributed by atoms with van der Waals surface area (Å²) < 4.78 is 0. The van der Waals surface area contributed by atoms with Crippen LogP contribution in [0.25, 0.3) is 0 Å². The highest BCUT2D eigenvalue weighted by Gasteiger charge is 2.40. The van der Waals surface area contributed by atoms with Gasteiger partial charge in [0.1, 0.15) is 0 Å². The normalized spacial score (nSPS) is 27.4. The number of aryl methyl sites for hydroxylation is 1. The van der Waals surface area contributed by atoms with Gasteiger partial charge < -0.3 is 14.9 Å². The van der Waals surface area contributed by atoms with E-state index in [-0.39, 0.29) is 5.91 Å². The van der Waals surface area contributed by atoms with Crippen LogP contribution in [0, 0.1) is 6.92 Å². The van der Waals surface area contributed by atoms with Crippen molar-refractivity contribution in [2.24, 2.45) is 0 Å². The number of nitrogens with zero attached hydrogens (tertiary/aromatic N) is 2. The van der Waals surface area contributed by atoms with Gasteiger partial charge in [0, 0.05) is 18.0 Å². The molecule has 0 unspecified atom stereocenters. The highest BCUT2D eigenvalue weighted by atomic mass is 32.1. The van der Waals surface area contributed by atoms with Crippen molar-refractivity contribution in [3.05, 3.63) is 21.9 Å². The lowest BCUT2D eigenvalue weighted by molar-refractivity contribution is 0.0176. The molecule has 4 nitrogen and oxygen atoms in total. The van der Waals surface area contributed by atoms with Crippen molar-refractivity contribution in [2.45, 2.75) is 31.8 Å². The fourth-order valence-electron chi connectivity index (χ4n) is 3.22. The van der Waals surface area contributed by atoms with Gasteiger partial charge in [0.05, 0.1) is 17.0 Å². The molecule has 1 atom stereocenters. The molecule has 0 radical (unpaired) electrons. The van der Waals surface area contributed by atoms with E-state index in [9.17, 15) is 9.90 Å². The van der Waals surface area contributed by atoms with Crippen molar-refractivity contribution in [3.63, 3.8) is 0 Å². The van der Waals surface area contributed by atoms with E-state index >= 15 is 0 Å². The average Bonchev–Trinajstić information content (AvgIpc) is 3.11. The van der Waals surface area contributed by atoms with Gasteiger partial charge in [-0.05, 0) is 51.4 Å². The molecule has 0 aliphatic carbocycles. The third-order valence-corrected chi connectivity index (χ3v) is 5.28. The van der Waals surface area contributed by atoms with Gasteiger partial charge >= 0.3 is 0 Å². The number of hydrogen-bond acceptors (Lipinski definition) is 4. The summed E-state index contributed by atoms with van der Waals surface area (Å²) in [6, 6.07) is 3.87. The van der Waals surface area contributed by atoms with Crippen molar-refractivity contribution >= 4 is 17.2 Å². The summed E-state index contributed by atoms with van der Waals surface area (Å²) in [4.78, 5) is 18.5. The Bertz CT molecular complexity index is 496. The van der Waals surface area contributed by atoms with Gasteiger partial charge in [-0.3, -0.25) is 4.79 Å². The van der Waals surface area contributed by atoms with E-state index in [1.165, 1.54) is 24.2 Å². The Morgan fingerprint density at radius 3 is 2.75 bits per heavy atom. The molecule has 1 N–H and O–H groups in total. The number of aliphatic hydroxyl groups is 1. The second kappa shape index (κ2) is 5.47. The number of thiophene rings is 1. The van der Waals surface area contributed by atoms with E-state index < -0.39 is 5.60 Å². The second-order valence-electron chi connectivity index (χ2n) is 6.09. The fourth-order valence-corrected chi connectivity index (χ4v) is 4.06. The van der Waals surface area contributed by atoms with E-state index in [0.717, 1.165) is 22.8 Å². The van der Waals surface area contributed by atoms with Gasteiger partial charge in [-0.25, -0.2) is 0 Å². The van der Waals surface area contributed by atoms with Crippen LogP contribution in [0.4, 0.5) is 0 Å². The van der Waals surface area contributed by atoms with Crippen LogP contribution in [0.5, 0.6) is 0 Å². The van der Waals surface area contributed by atoms with Gasteiger partial charge in [-0.2, -0.15) is 0 Å². The van der Waals surface area contributed by atoms with Crippen LogP contribution in [0.3, 0.4) is 0 Å². The summed E-state index contributed by atoms with van der Waals surface area (Å²) in [5.74, 6) is 0.0699. The molecule has 0 spiro atoms. The zero-order chi connectivity index (χ0) is 14.2. The molecule has 0 saturated carbocycles. The van der Waals surface area contributed by atoms with E-state index in [4.69, 9.17) is 0 Å². The van der Waals surface area contributed by atoms with Crippen LogP contribution in [-0.2, 0) is 0 Å². The first-order chi connectivity index (χ1) is 9.56. The maximum atomic E-state index is 12.4. The predicted molar refractivity (Wildman–Crippen MR) is 80.2 cm³/mol. The van der Waals surface area contributed by atoms with Gasteiger partial charge in [0.15, 0.2) is 0 Å². The lowest BCUT2D eigenvalue weighted by atomic mass is 10.0. The maximum Gasteiger partial charge on any atom is 0.264 e. The van der Waals surface area contributed by atoms with Crippen molar-refractivity contribution in [2.75, 3.05) is 32.7 Å². The molecule has 2 aliphatic rings. The minimum Gasteiger partial charge on any atom is -0.387 e. The number of likely N-dealkylation sites (tertiary alicyclic amines) is 2. The average molecular weight is 294 g/mol. The smallest absolute Gasteiger partial charge is 0.264 e. The van der Waals surface area contributed by atoms with Crippen molar-refractivity contribution in [1.29, 1.82) is 0 Å². The Morgan fingerprint density at radius 1 is 1.35 bits per heavy atom. The Hall–Kier alpha value is -0.910. The summed E-state index contributed by atoms with van der Waals surface area (Å²) in [6.07, 6.45) is 3.15. The number of β-amino-alcohol motifs (C(OH)–C–C–N with tert-alkyl or cyclic N) is 1. The molecule has 2 saturated heterocycles. The monoisotopic (exact) mass is 294 g/mol. The van der Waals surface area contributed by atoms with Gasteiger partial charge in [-0.15, -0.1) is 11.3 Å². The molecule has 2 fully saturated rings. The van der Waals surface area contributed by atoms with Crippen LogP contribution in [0.2, 0.25) is 0 Å². The molecule has 1 amide bonds. The van der Waals surface area contributed by atoms with Crippen LogP contribution in [0.1, 0.15) is 33.8 Å². The third-order valence-electron chi connectivity index (χ3n) is 4.29. The molecule has 0 aromatic carbocycles. The SMILES string of the molecule is Cc1ccc(C(=O)N2CC[C@](O)(CN3CCCC3)C2)s1. The molecular formula is C15H22N2O2S. The third kappa shape index (κ3) is 2.90. The van der Waals surface area contributed by atoms with E-state index in [2.05, 4.69) is 4.90 Å². The molecule has 2 aliphatic heterocycles. The number of carbonyl (C=O) groups is 1. The highest BCUT2D eigenvalue weighted by Crippen LogP contribution is 2.27. The van der Waals surface area contributed by atoms with Gasteiger partial charge in [0.25, 0.3) is 5.91 Å². The Balaban J connectivity index is 1.62. The first-order valence-corrected chi connectivity index (χ1v) is 8.18.